The normalized spacial score (nSPS) is 11.8. The number of aromatic nitrogens is 1. The number of aromatic amines is 1. The predicted molar refractivity (Wildman–Crippen MR) is 75.3 cm³/mol. The van der Waals surface area contributed by atoms with Gasteiger partial charge in [-0.2, -0.15) is 13.2 Å². The molecule has 2 nitrogen and oxygen atoms in total. The van der Waals surface area contributed by atoms with Gasteiger partial charge in [0.15, 0.2) is 0 Å². The Morgan fingerprint density at radius 3 is 2.24 bits per heavy atom. The van der Waals surface area contributed by atoms with E-state index in [1.807, 2.05) is 0 Å². The van der Waals surface area contributed by atoms with Gasteiger partial charge in [-0.3, -0.25) is 0 Å². The molecule has 0 aliphatic heterocycles. The summed E-state index contributed by atoms with van der Waals surface area (Å²) in [5.74, 6) is 0.604. The van der Waals surface area contributed by atoms with Gasteiger partial charge in [-0.25, -0.2) is 0 Å². The molecule has 5 heteroatoms. The summed E-state index contributed by atoms with van der Waals surface area (Å²) in [6, 6.07) is 13.3. The number of hydrogen-bond acceptors (Lipinski definition) is 1. The second-order valence-electron chi connectivity index (χ2n) is 4.65. The lowest BCUT2D eigenvalue weighted by molar-refractivity contribution is -0.140. The van der Waals surface area contributed by atoms with Crippen LogP contribution < -0.4 is 4.74 Å². The van der Waals surface area contributed by atoms with Gasteiger partial charge in [-0.1, -0.05) is 30.3 Å². The van der Waals surface area contributed by atoms with E-state index in [-0.39, 0.29) is 5.56 Å². The Balaban J connectivity index is 2.28. The molecule has 0 aliphatic rings. The largest absolute Gasteiger partial charge is 0.497 e. The van der Waals surface area contributed by atoms with E-state index < -0.39 is 11.9 Å². The number of para-hydroxylation sites is 1. The number of H-pyrrole nitrogens is 1. The molecule has 1 heterocycles. The summed E-state index contributed by atoms with van der Waals surface area (Å²) in [6.07, 6.45) is -4.44. The van der Waals surface area contributed by atoms with Crippen molar-refractivity contribution in [3.63, 3.8) is 0 Å². The van der Waals surface area contributed by atoms with E-state index in [0.717, 1.165) is 0 Å². The highest BCUT2D eigenvalue weighted by molar-refractivity contribution is 5.97. The van der Waals surface area contributed by atoms with E-state index in [1.54, 1.807) is 48.5 Å². The van der Waals surface area contributed by atoms with E-state index in [1.165, 1.54) is 7.11 Å². The average molecular weight is 291 g/mol. The lowest BCUT2D eigenvalue weighted by Gasteiger charge is -2.09. The Labute approximate surface area is 119 Å². The zero-order chi connectivity index (χ0) is 15.0. The first-order chi connectivity index (χ1) is 10.0. The van der Waals surface area contributed by atoms with Crippen molar-refractivity contribution in [2.45, 2.75) is 6.18 Å². The highest BCUT2D eigenvalue weighted by Crippen LogP contribution is 2.41. The van der Waals surface area contributed by atoms with E-state index in [0.29, 0.717) is 22.2 Å². The minimum Gasteiger partial charge on any atom is -0.497 e. The molecular formula is C16H12F3NO. The molecule has 0 spiro atoms. The van der Waals surface area contributed by atoms with Crippen LogP contribution in [0, 0.1) is 0 Å². The minimum absolute atomic E-state index is 0.167. The molecule has 0 bridgehead atoms. The maximum atomic E-state index is 13.3. The van der Waals surface area contributed by atoms with Gasteiger partial charge in [0.25, 0.3) is 0 Å². The van der Waals surface area contributed by atoms with Crippen LogP contribution in [0.2, 0.25) is 0 Å². The zero-order valence-corrected chi connectivity index (χ0v) is 11.2. The molecule has 2 aromatic carbocycles. The number of halogens is 3. The van der Waals surface area contributed by atoms with E-state index >= 15 is 0 Å². The van der Waals surface area contributed by atoms with Gasteiger partial charge in [-0.15, -0.1) is 0 Å². The third-order valence-corrected chi connectivity index (χ3v) is 3.37. The fourth-order valence-corrected chi connectivity index (χ4v) is 2.41. The first-order valence-corrected chi connectivity index (χ1v) is 6.33. The molecular weight excluding hydrogens is 279 g/mol. The Bertz CT molecular complexity index is 772. The quantitative estimate of drug-likeness (QED) is 0.716. The maximum absolute atomic E-state index is 13.3. The molecule has 0 amide bonds. The summed E-state index contributed by atoms with van der Waals surface area (Å²) in [4.78, 5) is 2.47. The van der Waals surface area contributed by atoms with Gasteiger partial charge in [0.05, 0.1) is 7.11 Å². The number of methoxy groups -OCH3 is 1. The molecule has 0 atom stereocenters. The molecule has 3 rings (SSSR count). The molecule has 0 unspecified atom stereocenters. The highest BCUT2D eigenvalue weighted by Gasteiger charge is 2.36. The van der Waals surface area contributed by atoms with Gasteiger partial charge in [-0.05, 0) is 23.8 Å². The number of rotatable bonds is 2. The van der Waals surface area contributed by atoms with E-state index in [9.17, 15) is 13.2 Å². The molecule has 1 N–H and O–H groups in total. The molecule has 21 heavy (non-hydrogen) atoms. The van der Waals surface area contributed by atoms with E-state index in [2.05, 4.69) is 4.98 Å². The van der Waals surface area contributed by atoms with Crippen LogP contribution in [-0.2, 0) is 6.18 Å². The Hall–Kier alpha value is -2.43. The smallest absolute Gasteiger partial charge is 0.431 e. The van der Waals surface area contributed by atoms with Gasteiger partial charge < -0.3 is 9.72 Å². The maximum Gasteiger partial charge on any atom is 0.431 e. The summed E-state index contributed by atoms with van der Waals surface area (Å²) < 4.78 is 44.8. The molecule has 0 saturated heterocycles. The van der Waals surface area contributed by atoms with E-state index in [4.69, 9.17) is 4.74 Å². The fourth-order valence-electron chi connectivity index (χ4n) is 2.41. The molecule has 3 aromatic rings. The third kappa shape index (κ3) is 2.35. The van der Waals surface area contributed by atoms with Gasteiger partial charge in [0.2, 0.25) is 0 Å². The summed E-state index contributed by atoms with van der Waals surface area (Å²) >= 11 is 0. The van der Waals surface area contributed by atoms with Crippen LogP contribution in [0.3, 0.4) is 0 Å². The predicted octanol–water partition coefficient (Wildman–Crippen LogP) is 4.86. The topological polar surface area (TPSA) is 25.0 Å². The number of nitrogens with one attached hydrogen (secondary N) is 1. The molecule has 108 valence electrons. The summed E-state index contributed by atoms with van der Waals surface area (Å²) in [7, 11) is 1.52. The van der Waals surface area contributed by atoms with Crippen molar-refractivity contribution < 1.29 is 17.9 Å². The van der Waals surface area contributed by atoms with Crippen LogP contribution in [0.5, 0.6) is 5.75 Å². The minimum atomic E-state index is -4.44. The van der Waals surface area contributed by atoms with Gasteiger partial charge in [0.1, 0.15) is 11.4 Å². The van der Waals surface area contributed by atoms with Crippen LogP contribution in [-0.4, -0.2) is 12.1 Å². The second kappa shape index (κ2) is 4.84. The van der Waals surface area contributed by atoms with Crippen LogP contribution in [0.4, 0.5) is 13.2 Å². The number of fused-ring (bicyclic) bond motifs is 1. The molecule has 0 fully saturated rings. The SMILES string of the molecule is COc1ccc(-c2c(C(F)(F)F)[nH]c3ccccc23)cc1. The van der Waals surface area contributed by atoms with Crippen molar-refractivity contribution in [3.05, 3.63) is 54.2 Å². The number of hydrogen-bond donors (Lipinski definition) is 1. The Kier molecular flexibility index (Phi) is 3.12. The second-order valence-corrected chi connectivity index (χ2v) is 4.65. The number of benzene rings is 2. The summed E-state index contributed by atoms with van der Waals surface area (Å²) in [5.41, 5.74) is 0.408. The summed E-state index contributed by atoms with van der Waals surface area (Å²) in [5, 5.41) is 0.551. The van der Waals surface area contributed by atoms with Crippen molar-refractivity contribution in [1.29, 1.82) is 0 Å². The average Bonchev–Trinajstić information content (AvgIpc) is 2.87. The monoisotopic (exact) mass is 291 g/mol. The molecule has 0 aliphatic carbocycles. The van der Waals surface area contributed by atoms with Crippen LogP contribution in [0.1, 0.15) is 5.69 Å². The van der Waals surface area contributed by atoms with Crippen LogP contribution in [0.15, 0.2) is 48.5 Å². The first-order valence-electron chi connectivity index (χ1n) is 6.33. The van der Waals surface area contributed by atoms with Crippen molar-refractivity contribution in [3.8, 4) is 16.9 Å². The Morgan fingerprint density at radius 1 is 0.952 bits per heavy atom. The van der Waals surface area contributed by atoms with Crippen molar-refractivity contribution in [1.82, 2.24) is 4.98 Å². The zero-order valence-electron chi connectivity index (χ0n) is 11.2. The lowest BCUT2D eigenvalue weighted by atomic mass is 10.0. The lowest BCUT2D eigenvalue weighted by Crippen LogP contribution is -2.07. The third-order valence-electron chi connectivity index (χ3n) is 3.37. The number of ether oxygens (including phenoxy) is 1. The Morgan fingerprint density at radius 2 is 1.62 bits per heavy atom. The van der Waals surface area contributed by atoms with Crippen molar-refractivity contribution in [2.75, 3.05) is 7.11 Å². The highest BCUT2D eigenvalue weighted by atomic mass is 19.4. The molecule has 0 saturated carbocycles. The first kappa shape index (κ1) is 13.5. The van der Waals surface area contributed by atoms with Crippen molar-refractivity contribution >= 4 is 10.9 Å². The fraction of sp³-hybridized carbons (Fsp3) is 0.125. The van der Waals surface area contributed by atoms with Crippen molar-refractivity contribution in [2.24, 2.45) is 0 Å². The standard InChI is InChI=1S/C16H12F3NO/c1-21-11-8-6-10(7-9-11)14-12-4-2-3-5-13(12)20-15(14)16(17,18)19/h2-9,20H,1H3. The van der Waals surface area contributed by atoms with Gasteiger partial charge in [0, 0.05) is 16.5 Å². The number of alkyl halides is 3. The molecule has 0 radical (unpaired) electrons. The molecule has 1 aromatic heterocycles. The van der Waals surface area contributed by atoms with Crippen LogP contribution >= 0.6 is 0 Å². The van der Waals surface area contributed by atoms with Gasteiger partial charge >= 0.3 is 6.18 Å². The summed E-state index contributed by atoms with van der Waals surface area (Å²) in [6.45, 7) is 0. The van der Waals surface area contributed by atoms with Crippen LogP contribution in [0.25, 0.3) is 22.0 Å².